The standard InChI is InChI=1S/C23H23N3O6/c1-14-18(21(27)32-23(2,3)4)19(16-12-8-9-13-17(16)26(29)30)20(25-24-14)22(28)31-15-10-6-5-7-11-15/h5-13,19,24H,1-4H3. The number of hydrazone groups is 1. The van der Waals surface area contributed by atoms with Crippen molar-refractivity contribution in [3.63, 3.8) is 0 Å². The first-order chi connectivity index (χ1) is 15.1. The molecule has 0 radical (unpaired) electrons. The number of rotatable bonds is 5. The van der Waals surface area contributed by atoms with Crippen LogP contribution in [0, 0.1) is 10.1 Å². The summed E-state index contributed by atoms with van der Waals surface area (Å²) in [5, 5.41) is 15.8. The molecule has 0 amide bonds. The van der Waals surface area contributed by atoms with Crippen LogP contribution in [0.3, 0.4) is 0 Å². The fourth-order valence-electron chi connectivity index (χ4n) is 3.24. The normalized spacial score (nSPS) is 16.0. The summed E-state index contributed by atoms with van der Waals surface area (Å²) in [6.07, 6.45) is 0. The van der Waals surface area contributed by atoms with Crippen molar-refractivity contribution in [3.8, 4) is 5.75 Å². The minimum atomic E-state index is -1.16. The lowest BCUT2D eigenvalue weighted by Crippen LogP contribution is -2.38. The molecule has 0 saturated heterocycles. The van der Waals surface area contributed by atoms with Crippen molar-refractivity contribution in [2.45, 2.75) is 39.2 Å². The highest BCUT2D eigenvalue weighted by molar-refractivity contribution is 6.41. The number of carbonyl (C=O) groups is 2. The second-order valence-electron chi connectivity index (χ2n) is 8.10. The van der Waals surface area contributed by atoms with Gasteiger partial charge in [0.15, 0.2) is 5.71 Å². The van der Waals surface area contributed by atoms with E-state index in [1.165, 1.54) is 18.2 Å². The number of carbonyl (C=O) groups excluding carboxylic acids is 2. The maximum absolute atomic E-state index is 13.1. The van der Waals surface area contributed by atoms with Crippen molar-refractivity contribution in [2.75, 3.05) is 0 Å². The van der Waals surface area contributed by atoms with Gasteiger partial charge in [0.2, 0.25) is 0 Å². The van der Waals surface area contributed by atoms with E-state index in [-0.39, 0.29) is 28.3 Å². The predicted octanol–water partition coefficient (Wildman–Crippen LogP) is 3.86. The molecule has 9 nitrogen and oxygen atoms in total. The minimum Gasteiger partial charge on any atom is -0.457 e. The molecule has 3 rings (SSSR count). The lowest BCUT2D eigenvalue weighted by atomic mass is 9.83. The molecule has 2 aromatic carbocycles. The van der Waals surface area contributed by atoms with Crippen molar-refractivity contribution < 1.29 is 24.0 Å². The Balaban J connectivity index is 2.12. The van der Waals surface area contributed by atoms with E-state index in [0.717, 1.165) is 0 Å². The molecule has 2 aromatic rings. The monoisotopic (exact) mass is 437 g/mol. The van der Waals surface area contributed by atoms with Gasteiger partial charge in [0.25, 0.3) is 5.69 Å². The second kappa shape index (κ2) is 9.01. The summed E-state index contributed by atoms with van der Waals surface area (Å²) in [5.41, 5.74) is 1.87. The number of esters is 2. The average Bonchev–Trinajstić information content (AvgIpc) is 2.72. The molecule has 1 aliphatic heterocycles. The first-order valence-electron chi connectivity index (χ1n) is 9.86. The van der Waals surface area contributed by atoms with Crippen LogP contribution in [0.25, 0.3) is 0 Å². The maximum atomic E-state index is 13.1. The lowest BCUT2D eigenvalue weighted by Gasteiger charge is -2.28. The summed E-state index contributed by atoms with van der Waals surface area (Å²) in [7, 11) is 0. The van der Waals surface area contributed by atoms with Crippen LogP contribution in [-0.2, 0) is 14.3 Å². The van der Waals surface area contributed by atoms with Crippen molar-refractivity contribution in [2.24, 2.45) is 5.10 Å². The van der Waals surface area contributed by atoms with E-state index in [1.54, 1.807) is 64.1 Å². The van der Waals surface area contributed by atoms with E-state index in [4.69, 9.17) is 9.47 Å². The van der Waals surface area contributed by atoms with Crippen molar-refractivity contribution in [3.05, 3.63) is 81.5 Å². The van der Waals surface area contributed by atoms with Gasteiger partial charge in [0.1, 0.15) is 11.4 Å². The molecule has 166 valence electrons. The number of allylic oxidation sites excluding steroid dienone is 1. The fourth-order valence-corrected chi connectivity index (χ4v) is 3.24. The first kappa shape index (κ1) is 22.7. The zero-order valence-corrected chi connectivity index (χ0v) is 18.1. The van der Waals surface area contributed by atoms with Crippen molar-refractivity contribution in [1.29, 1.82) is 0 Å². The zero-order chi connectivity index (χ0) is 23.5. The second-order valence-corrected chi connectivity index (χ2v) is 8.10. The fraction of sp³-hybridized carbons (Fsp3) is 0.261. The quantitative estimate of drug-likeness (QED) is 0.326. The molecule has 32 heavy (non-hydrogen) atoms. The largest absolute Gasteiger partial charge is 0.457 e. The Hall–Kier alpha value is -4.01. The number of nitro benzene ring substituents is 1. The van der Waals surface area contributed by atoms with Crippen LogP contribution < -0.4 is 10.2 Å². The van der Waals surface area contributed by atoms with Gasteiger partial charge in [-0.05, 0) is 39.8 Å². The van der Waals surface area contributed by atoms with Crippen LogP contribution in [0.15, 0.2) is 71.0 Å². The van der Waals surface area contributed by atoms with Gasteiger partial charge in [-0.2, -0.15) is 5.10 Å². The molecule has 0 fully saturated rings. The first-order valence-corrected chi connectivity index (χ1v) is 9.86. The van der Waals surface area contributed by atoms with Crippen LogP contribution in [0.5, 0.6) is 5.75 Å². The Morgan fingerprint density at radius 1 is 1.03 bits per heavy atom. The van der Waals surface area contributed by atoms with Gasteiger partial charge in [-0.15, -0.1) is 0 Å². The number of nitrogens with one attached hydrogen (secondary N) is 1. The molecule has 1 N–H and O–H groups in total. The average molecular weight is 437 g/mol. The van der Waals surface area contributed by atoms with E-state index < -0.39 is 28.4 Å². The summed E-state index contributed by atoms with van der Waals surface area (Å²) in [4.78, 5) is 37.3. The summed E-state index contributed by atoms with van der Waals surface area (Å²) in [5.74, 6) is -2.46. The predicted molar refractivity (Wildman–Crippen MR) is 117 cm³/mol. The summed E-state index contributed by atoms with van der Waals surface area (Å²) in [6, 6.07) is 14.2. The molecule has 0 aliphatic carbocycles. The highest BCUT2D eigenvalue weighted by Crippen LogP contribution is 2.37. The van der Waals surface area contributed by atoms with Crippen LogP contribution >= 0.6 is 0 Å². The molecule has 0 aromatic heterocycles. The van der Waals surface area contributed by atoms with Gasteiger partial charge < -0.3 is 9.47 Å². The molecule has 0 spiro atoms. The van der Waals surface area contributed by atoms with Crippen molar-refractivity contribution in [1.82, 2.24) is 5.43 Å². The number of hydrogen-bond donors (Lipinski definition) is 1. The zero-order valence-electron chi connectivity index (χ0n) is 18.1. The van der Waals surface area contributed by atoms with Gasteiger partial charge in [-0.25, -0.2) is 9.59 Å². The van der Waals surface area contributed by atoms with Crippen LogP contribution in [0.1, 0.15) is 39.2 Å². The summed E-state index contributed by atoms with van der Waals surface area (Å²) < 4.78 is 10.9. The number of benzene rings is 2. The topological polar surface area (TPSA) is 120 Å². The van der Waals surface area contributed by atoms with E-state index in [0.29, 0.717) is 5.70 Å². The highest BCUT2D eigenvalue weighted by Gasteiger charge is 2.41. The molecular weight excluding hydrogens is 414 g/mol. The Morgan fingerprint density at radius 3 is 2.28 bits per heavy atom. The van der Waals surface area contributed by atoms with Crippen LogP contribution in [0.2, 0.25) is 0 Å². The Morgan fingerprint density at radius 2 is 1.66 bits per heavy atom. The smallest absolute Gasteiger partial charge is 0.360 e. The molecule has 9 heteroatoms. The Kier molecular flexibility index (Phi) is 6.38. The number of para-hydroxylation sites is 2. The van der Waals surface area contributed by atoms with Gasteiger partial charge in [-0.1, -0.05) is 36.4 Å². The number of nitrogens with zero attached hydrogens (tertiary/aromatic N) is 2. The molecule has 1 unspecified atom stereocenters. The third-order valence-electron chi connectivity index (χ3n) is 4.54. The minimum absolute atomic E-state index is 0.0456. The van der Waals surface area contributed by atoms with Gasteiger partial charge in [0.05, 0.1) is 16.4 Å². The maximum Gasteiger partial charge on any atom is 0.360 e. The van der Waals surface area contributed by atoms with Gasteiger partial charge >= 0.3 is 11.9 Å². The Labute approximate surface area is 184 Å². The van der Waals surface area contributed by atoms with E-state index in [2.05, 4.69) is 10.5 Å². The van der Waals surface area contributed by atoms with Crippen LogP contribution in [-0.4, -0.2) is 28.2 Å². The third kappa shape index (κ3) is 5.00. The summed E-state index contributed by atoms with van der Waals surface area (Å²) >= 11 is 0. The molecule has 0 saturated carbocycles. The molecule has 1 aliphatic rings. The van der Waals surface area contributed by atoms with E-state index in [9.17, 15) is 19.7 Å². The van der Waals surface area contributed by atoms with Crippen molar-refractivity contribution >= 4 is 23.3 Å². The SMILES string of the molecule is CC1=C(C(=O)OC(C)(C)C)C(c2ccccc2[N+](=O)[O-])C(C(=O)Oc2ccccc2)=NN1. The van der Waals surface area contributed by atoms with Gasteiger partial charge in [0, 0.05) is 17.3 Å². The number of nitro groups is 1. The molecular formula is C23H23N3O6. The van der Waals surface area contributed by atoms with Crippen LogP contribution in [0.4, 0.5) is 5.69 Å². The van der Waals surface area contributed by atoms with E-state index in [1.807, 2.05) is 0 Å². The van der Waals surface area contributed by atoms with E-state index >= 15 is 0 Å². The highest BCUT2D eigenvalue weighted by atomic mass is 16.6. The lowest BCUT2D eigenvalue weighted by molar-refractivity contribution is -0.385. The van der Waals surface area contributed by atoms with Gasteiger partial charge in [-0.3, -0.25) is 15.5 Å². The molecule has 0 bridgehead atoms. The number of hydrogen-bond acceptors (Lipinski definition) is 8. The number of ether oxygens (including phenoxy) is 2. The third-order valence-corrected chi connectivity index (χ3v) is 4.54. The molecule has 1 atom stereocenters. The summed E-state index contributed by atoms with van der Waals surface area (Å²) in [6.45, 7) is 6.70. The molecule has 1 heterocycles. The Bertz CT molecular complexity index is 1120.